The van der Waals surface area contributed by atoms with Crippen LogP contribution in [0.25, 0.3) is 0 Å². The topological polar surface area (TPSA) is 64.6 Å². The molecule has 136 valence electrons. The Labute approximate surface area is 157 Å². The van der Waals surface area contributed by atoms with E-state index in [2.05, 4.69) is 5.32 Å². The summed E-state index contributed by atoms with van der Waals surface area (Å²) in [6.45, 7) is 5.93. The molecular formula is C18H21Cl2NO4. The third-order valence-corrected chi connectivity index (χ3v) is 4.65. The van der Waals surface area contributed by atoms with Crippen LogP contribution in [0.1, 0.15) is 38.7 Å². The Morgan fingerprint density at radius 1 is 1.32 bits per heavy atom. The summed E-state index contributed by atoms with van der Waals surface area (Å²) >= 11 is 12.4. The summed E-state index contributed by atoms with van der Waals surface area (Å²) in [6, 6.07) is 5.17. The highest BCUT2D eigenvalue weighted by molar-refractivity contribution is 6.42. The number of hydrogen-bond donors (Lipinski definition) is 1. The molecule has 0 unspecified atom stereocenters. The Morgan fingerprint density at radius 2 is 2.04 bits per heavy atom. The number of allylic oxidation sites excluding steroid dienone is 1. The van der Waals surface area contributed by atoms with Crippen molar-refractivity contribution < 1.29 is 19.1 Å². The van der Waals surface area contributed by atoms with Crippen molar-refractivity contribution in [3.8, 4) is 0 Å². The van der Waals surface area contributed by atoms with Gasteiger partial charge in [0.15, 0.2) is 0 Å². The second kappa shape index (κ2) is 8.70. The molecule has 1 aromatic carbocycles. The minimum atomic E-state index is -0.501. The summed E-state index contributed by atoms with van der Waals surface area (Å²) in [5.41, 5.74) is 1.48. The lowest BCUT2D eigenvalue weighted by atomic mass is 9.84. The van der Waals surface area contributed by atoms with E-state index in [9.17, 15) is 9.59 Å². The molecule has 0 fully saturated rings. The van der Waals surface area contributed by atoms with Crippen LogP contribution in [-0.4, -0.2) is 31.2 Å². The van der Waals surface area contributed by atoms with Crippen LogP contribution in [0.15, 0.2) is 29.5 Å². The molecule has 1 N–H and O–H groups in total. The molecule has 1 amide bonds. The number of esters is 1. The third-order valence-electron chi connectivity index (χ3n) is 3.81. The lowest BCUT2D eigenvalue weighted by Gasteiger charge is -2.27. The predicted octanol–water partition coefficient (Wildman–Crippen LogP) is 3.84. The van der Waals surface area contributed by atoms with Crippen molar-refractivity contribution in [3.63, 3.8) is 0 Å². The van der Waals surface area contributed by atoms with Gasteiger partial charge in [0.25, 0.3) is 0 Å². The highest BCUT2D eigenvalue weighted by Crippen LogP contribution is 2.39. The second-order valence-corrected chi connectivity index (χ2v) is 6.83. The smallest absolute Gasteiger partial charge is 0.336 e. The average molecular weight is 386 g/mol. The van der Waals surface area contributed by atoms with Crippen LogP contribution in [0, 0.1) is 0 Å². The van der Waals surface area contributed by atoms with Gasteiger partial charge in [-0.05, 0) is 32.4 Å². The van der Waals surface area contributed by atoms with E-state index in [0.29, 0.717) is 33.5 Å². The van der Waals surface area contributed by atoms with Crippen molar-refractivity contribution in [3.05, 3.63) is 45.1 Å². The van der Waals surface area contributed by atoms with Gasteiger partial charge in [-0.2, -0.15) is 0 Å². The zero-order chi connectivity index (χ0) is 18.6. The zero-order valence-corrected chi connectivity index (χ0v) is 15.9. The number of carbonyl (C=O) groups excluding carboxylic acids is 2. The molecule has 1 heterocycles. The first-order valence-electron chi connectivity index (χ1n) is 8.04. The first-order chi connectivity index (χ1) is 11.8. The van der Waals surface area contributed by atoms with E-state index < -0.39 is 11.9 Å². The van der Waals surface area contributed by atoms with E-state index in [1.54, 1.807) is 25.1 Å². The summed E-state index contributed by atoms with van der Waals surface area (Å²) < 4.78 is 10.7. The number of halogens is 2. The Hall–Kier alpha value is -1.56. The lowest BCUT2D eigenvalue weighted by Crippen LogP contribution is -2.34. The highest BCUT2D eigenvalue weighted by atomic mass is 35.5. The molecule has 1 aliphatic rings. The fourth-order valence-corrected chi connectivity index (χ4v) is 3.16. The van der Waals surface area contributed by atoms with Crippen molar-refractivity contribution >= 4 is 35.1 Å². The average Bonchev–Trinajstić information content (AvgIpc) is 2.53. The van der Waals surface area contributed by atoms with Gasteiger partial charge >= 0.3 is 5.97 Å². The van der Waals surface area contributed by atoms with E-state index in [-0.39, 0.29) is 25.0 Å². The van der Waals surface area contributed by atoms with Crippen LogP contribution < -0.4 is 5.32 Å². The molecule has 0 radical (unpaired) electrons. The fraction of sp³-hybridized carbons (Fsp3) is 0.444. The van der Waals surface area contributed by atoms with Crippen molar-refractivity contribution in [2.45, 2.75) is 39.2 Å². The van der Waals surface area contributed by atoms with Gasteiger partial charge in [0.2, 0.25) is 5.91 Å². The van der Waals surface area contributed by atoms with Crippen LogP contribution in [0.5, 0.6) is 0 Å². The zero-order valence-electron chi connectivity index (χ0n) is 14.4. The number of amides is 1. The summed E-state index contributed by atoms with van der Waals surface area (Å²) in [5, 5.41) is 3.40. The minimum Gasteiger partial charge on any atom is -0.460 e. The van der Waals surface area contributed by atoms with Gasteiger partial charge in [-0.1, -0.05) is 35.3 Å². The summed E-state index contributed by atoms with van der Waals surface area (Å²) in [4.78, 5) is 24.5. The highest BCUT2D eigenvalue weighted by Gasteiger charge is 2.34. The Balaban J connectivity index is 2.25. The normalized spacial score (nSPS) is 17.7. The standard InChI is InChI=1S/C18H21Cl2NO4/c1-10(2)24-7-8-25-18(23)16-11(3)21-15(22)9-13(16)12-5-4-6-14(19)17(12)20/h4-6,10,13H,7-9H2,1-3H3,(H,21,22)/t13-/m0/s1. The summed E-state index contributed by atoms with van der Waals surface area (Å²) in [5.74, 6) is -1.18. The SMILES string of the molecule is CC1=C(C(=O)OCCOC(C)C)[C@H](c2cccc(Cl)c2Cl)CC(=O)N1. The van der Waals surface area contributed by atoms with Gasteiger partial charge in [-0.25, -0.2) is 4.79 Å². The lowest BCUT2D eigenvalue weighted by molar-refractivity contribution is -0.141. The van der Waals surface area contributed by atoms with Crippen LogP contribution in [0.3, 0.4) is 0 Å². The summed E-state index contributed by atoms with van der Waals surface area (Å²) in [6.07, 6.45) is 0.163. The van der Waals surface area contributed by atoms with Crippen LogP contribution in [0.4, 0.5) is 0 Å². The molecule has 2 rings (SSSR count). The van der Waals surface area contributed by atoms with Crippen molar-refractivity contribution in [2.24, 2.45) is 0 Å². The number of nitrogens with one attached hydrogen (secondary N) is 1. The number of ether oxygens (including phenoxy) is 2. The van der Waals surface area contributed by atoms with Gasteiger partial charge in [0.1, 0.15) is 6.61 Å². The fourth-order valence-electron chi connectivity index (χ4n) is 2.72. The molecule has 0 saturated heterocycles. The quantitative estimate of drug-likeness (QED) is 0.596. The van der Waals surface area contributed by atoms with Gasteiger partial charge in [-0.3, -0.25) is 4.79 Å². The maximum absolute atomic E-state index is 12.6. The number of carbonyl (C=O) groups is 2. The van der Waals surface area contributed by atoms with E-state index in [1.165, 1.54) is 0 Å². The molecule has 1 aliphatic heterocycles. The van der Waals surface area contributed by atoms with E-state index in [4.69, 9.17) is 32.7 Å². The largest absolute Gasteiger partial charge is 0.460 e. The Kier molecular flexibility index (Phi) is 6.87. The van der Waals surface area contributed by atoms with Crippen LogP contribution in [0.2, 0.25) is 10.0 Å². The third kappa shape index (κ3) is 4.97. The van der Waals surface area contributed by atoms with Crippen LogP contribution >= 0.6 is 23.2 Å². The molecule has 0 aliphatic carbocycles. The molecule has 5 nitrogen and oxygen atoms in total. The predicted molar refractivity (Wildman–Crippen MR) is 96.7 cm³/mol. The van der Waals surface area contributed by atoms with E-state index >= 15 is 0 Å². The van der Waals surface area contributed by atoms with E-state index in [1.807, 2.05) is 13.8 Å². The number of rotatable bonds is 6. The first kappa shape index (κ1) is 19.8. The molecule has 1 aromatic rings. The van der Waals surface area contributed by atoms with Crippen LogP contribution in [-0.2, 0) is 19.1 Å². The Bertz CT molecular complexity index is 700. The minimum absolute atomic E-state index is 0.0617. The molecule has 25 heavy (non-hydrogen) atoms. The van der Waals surface area contributed by atoms with Gasteiger partial charge < -0.3 is 14.8 Å². The summed E-state index contributed by atoms with van der Waals surface area (Å²) in [7, 11) is 0. The number of benzene rings is 1. The van der Waals surface area contributed by atoms with Crippen molar-refractivity contribution in [1.82, 2.24) is 5.32 Å². The molecular weight excluding hydrogens is 365 g/mol. The first-order valence-corrected chi connectivity index (χ1v) is 8.80. The molecule has 1 atom stereocenters. The molecule has 0 aromatic heterocycles. The maximum Gasteiger partial charge on any atom is 0.336 e. The van der Waals surface area contributed by atoms with Crippen molar-refractivity contribution in [2.75, 3.05) is 13.2 Å². The Morgan fingerprint density at radius 3 is 2.72 bits per heavy atom. The van der Waals surface area contributed by atoms with Gasteiger partial charge in [-0.15, -0.1) is 0 Å². The van der Waals surface area contributed by atoms with E-state index in [0.717, 1.165) is 0 Å². The van der Waals surface area contributed by atoms with Crippen molar-refractivity contribution in [1.29, 1.82) is 0 Å². The molecule has 0 saturated carbocycles. The molecule has 0 spiro atoms. The second-order valence-electron chi connectivity index (χ2n) is 6.04. The maximum atomic E-state index is 12.6. The number of hydrogen-bond acceptors (Lipinski definition) is 4. The monoisotopic (exact) mass is 385 g/mol. The molecule has 0 bridgehead atoms. The van der Waals surface area contributed by atoms with Gasteiger partial charge in [0, 0.05) is 18.0 Å². The molecule has 7 heteroatoms. The van der Waals surface area contributed by atoms with Gasteiger partial charge in [0.05, 0.1) is 28.3 Å².